The minimum absolute atomic E-state index is 0.0849. The van der Waals surface area contributed by atoms with Crippen LogP contribution in [-0.4, -0.2) is 30.3 Å². The van der Waals surface area contributed by atoms with Crippen molar-refractivity contribution in [2.45, 2.75) is 31.7 Å². The highest BCUT2D eigenvalue weighted by molar-refractivity contribution is 6.06. The summed E-state index contributed by atoms with van der Waals surface area (Å²) in [5.41, 5.74) is 2.43. The summed E-state index contributed by atoms with van der Waals surface area (Å²) >= 11 is 0. The summed E-state index contributed by atoms with van der Waals surface area (Å²) in [6, 6.07) is 14.2. The largest absolute Gasteiger partial charge is 0.349 e. The molecule has 2 aliphatic rings. The Balaban J connectivity index is 1.42. The Labute approximate surface area is 157 Å². The van der Waals surface area contributed by atoms with Gasteiger partial charge >= 0.3 is 0 Å². The summed E-state index contributed by atoms with van der Waals surface area (Å²) in [5.74, 6) is -0.246. The molecule has 2 fully saturated rings. The third-order valence-corrected chi connectivity index (χ3v) is 4.81. The van der Waals surface area contributed by atoms with Crippen LogP contribution in [-0.2, 0) is 4.79 Å². The monoisotopic (exact) mass is 363 g/mol. The average Bonchev–Trinajstić information content (AvgIpc) is 3.39. The van der Waals surface area contributed by atoms with Crippen molar-refractivity contribution < 1.29 is 14.4 Å². The second kappa shape index (κ2) is 7.23. The zero-order valence-corrected chi connectivity index (χ0v) is 14.9. The van der Waals surface area contributed by atoms with Crippen LogP contribution in [0.25, 0.3) is 0 Å². The van der Waals surface area contributed by atoms with E-state index in [2.05, 4.69) is 10.6 Å². The number of anilines is 2. The van der Waals surface area contributed by atoms with Crippen LogP contribution in [0.15, 0.2) is 48.5 Å². The minimum atomic E-state index is -0.251. The summed E-state index contributed by atoms with van der Waals surface area (Å²) in [5, 5.41) is 5.77. The Kier molecular flexibility index (Phi) is 4.62. The van der Waals surface area contributed by atoms with Gasteiger partial charge in [-0.15, -0.1) is 0 Å². The highest BCUT2D eigenvalue weighted by Gasteiger charge is 2.24. The van der Waals surface area contributed by atoms with Crippen LogP contribution < -0.4 is 15.5 Å². The Morgan fingerprint density at radius 2 is 1.74 bits per heavy atom. The Hall–Kier alpha value is -3.15. The van der Waals surface area contributed by atoms with E-state index in [9.17, 15) is 14.4 Å². The lowest BCUT2D eigenvalue weighted by atomic mass is 10.1. The lowest BCUT2D eigenvalue weighted by Crippen LogP contribution is -2.25. The molecule has 2 N–H and O–H groups in total. The predicted molar refractivity (Wildman–Crippen MR) is 103 cm³/mol. The summed E-state index contributed by atoms with van der Waals surface area (Å²) in [6.07, 6.45) is 3.48. The third kappa shape index (κ3) is 4.00. The second-order valence-corrected chi connectivity index (χ2v) is 6.98. The molecule has 3 amide bonds. The molecule has 0 aromatic heterocycles. The number of benzene rings is 2. The van der Waals surface area contributed by atoms with Crippen molar-refractivity contribution in [2.75, 3.05) is 16.8 Å². The predicted octanol–water partition coefficient (Wildman–Crippen LogP) is 2.96. The maximum Gasteiger partial charge on any atom is 0.255 e. The molecule has 2 aromatic rings. The van der Waals surface area contributed by atoms with Crippen molar-refractivity contribution in [3.63, 3.8) is 0 Å². The fourth-order valence-electron chi connectivity index (χ4n) is 3.14. The molecule has 1 heterocycles. The number of nitrogens with zero attached hydrogens (tertiary/aromatic N) is 1. The topological polar surface area (TPSA) is 78.5 Å². The molecular weight excluding hydrogens is 342 g/mol. The van der Waals surface area contributed by atoms with Crippen molar-refractivity contribution in [2.24, 2.45) is 0 Å². The molecule has 6 heteroatoms. The summed E-state index contributed by atoms with van der Waals surface area (Å²) < 4.78 is 0. The number of hydrogen-bond acceptors (Lipinski definition) is 3. The van der Waals surface area contributed by atoms with Gasteiger partial charge in [-0.25, -0.2) is 0 Å². The van der Waals surface area contributed by atoms with E-state index in [-0.39, 0.29) is 17.7 Å². The van der Waals surface area contributed by atoms with Crippen molar-refractivity contribution >= 4 is 29.1 Å². The fraction of sp³-hybridized carbons (Fsp3) is 0.286. The van der Waals surface area contributed by atoms with Gasteiger partial charge in [0.15, 0.2) is 0 Å². The van der Waals surface area contributed by atoms with Gasteiger partial charge in [-0.2, -0.15) is 0 Å². The van der Waals surface area contributed by atoms with Gasteiger partial charge in [0.05, 0.1) is 0 Å². The van der Waals surface area contributed by atoms with Crippen LogP contribution in [0.4, 0.5) is 11.4 Å². The SMILES string of the molecule is O=C(Nc1ccc(C(=O)NC2CC2)cc1)c1cccc(N2CCCC2=O)c1. The molecule has 0 spiro atoms. The quantitative estimate of drug-likeness (QED) is 0.857. The van der Waals surface area contributed by atoms with Crippen molar-refractivity contribution in [1.29, 1.82) is 0 Å². The van der Waals surface area contributed by atoms with Crippen molar-refractivity contribution in [1.82, 2.24) is 5.32 Å². The van der Waals surface area contributed by atoms with Crippen LogP contribution in [0.5, 0.6) is 0 Å². The molecule has 0 atom stereocenters. The van der Waals surface area contributed by atoms with Crippen molar-refractivity contribution in [3.8, 4) is 0 Å². The van der Waals surface area contributed by atoms with Crippen LogP contribution in [0.3, 0.4) is 0 Å². The first-order valence-electron chi connectivity index (χ1n) is 9.23. The molecule has 2 aromatic carbocycles. The highest BCUT2D eigenvalue weighted by atomic mass is 16.2. The number of hydrogen-bond donors (Lipinski definition) is 2. The average molecular weight is 363 g/mol. The highest BCUT2D eigenvalue weighted by Crippen LogP contribution is 2.23. The normalized spacial score (nSPS) is 16.3. The number of carbonyl (C=O) groups is 3. The van der Waals surface area contributed by atoms with E-state index in [1.165, 1.54) is 0 Å². The van der Waals surface area contributed by atoms with Crippen LogP contribution in [0, 0.1) is 0 Å². The molecule has 1 saturated heterocycles. The maximum atomic E-state index is 12.5. The second-order valence-electron chi connectivity index (χ2n) is 6.98. The lowest BCUT2D eigenvalue weighted by Gasteiger charge is -2.16. The lowest BCUT2D eigenvalue weighted by molar-refractivity contribution is -0.117. The third-order valence-electron chi connectivity index (χ3n) is 4.81. The van der Waals surface area contributed by atoms with Gasteiger partial charge in [0, 0.05) is 41.5 Å². The molecule has 0 radical (unpaired) electrons. The summed E-state index contributed by atoms with van der Waals surface area (Å²) in [6.45, 7) is 0.689. The first-order valence-corrected chi connectivity index (χ1v) is 9.23. The number of rotatable bonds is 5. The van der Waals surface area contributed by atoms with Gasteiger partial charge in [-0.1, -0.05) is 6.07 Å². The van der Waals surface area contributed by atoms with Gasteiger partial charge in [0.25, 0.3) is 11.8 Å². The molecule has 138 valence electrons. The Morgan fingerprint density at radius 1 is 0.963 bits per heavy atom. The number of amides is 3. The summed E-state index contributed by atoms with van der Waals surface area (Å²) in [4.78, 5) is 38.2. The van der Waals surface area contributed by atoms with E-state index in [4.69, 9.17) is 0 Å². The van der Waals surface area contributed by atoms with E-state index in [0.717, 1.165) is 24.9 Å². The molecule has 27 heavy (non-hydrogen) atoms. The van der Waals surface area contributed by atoms with Crippen LogP contribution in [0.2, 0.25) is 0 Å². The first kappa shape index (κ1) is 17.3. The van der Waals surface area contributed by atoms with E-state index < -0.39 is 0 Å². The van der Waals surface area contributed by atoms with E-state index in [1.807, 2.05) is 6.07 Å². The van der Waals surface area contributed by atoms with E-state index in [0.29, 0.717) is 35.8 Å². The smallest absolute Gasteiger partial charge is 0.255 e. The zero-order valence-electron chi connectivity index (χ0n) is 14.9. The van der Waals surface area contributed by atoms with Gasteiger partial charge in [-0.3, -0.25) is 14.4 Å². The Morgan fingerprint density at radius 3 is 2.41 bits per heavy atom. The molecule has 0 bridgehead atoms. The number of nitrogens with one attached hydrogen (secondary N) is 2. The van der Waals surface area contributed by atoms with Gasteiger partial charge in [0.2, 0.25) is 5.91 Å². The van der Waals surface area contributed by atoms with E-state index in [1.54, 1.807) is 47.4 Å². The van der Waals surface area contributed by atoms with E-state index >= 15 is 0 Å². The first-order chi connectivity index (χ1) is 13.1. The van der Waals surface area contributed by atoms with Gasteiger partial charge in [-0.05, 0) is 61.7 Å². The zero-order chi connectivity index (χ0) is 18.8. The Bertz CT molecular complexity index is 888. The molecule has 4 rings (SSSR count). The van der Waals surface area contributed by atoms with Crippen LogP contribution >= 0.6 is 0 Å². The molecular formula is C21H21N3O3. The van der Waals surface area contributed by atoms with Crippen LogP contribution in [0.1, 0.15) is 46.4 Å². The van der Waals surface area contributed by atoms with Crippen molar-refractivity contribution in [3.05, 3.63) is 59.7 Å². The molecule has 0 unspecified atom stereocenters. The molecule has 1 aliphatic heterocycles. The number of carbonyl (C=O) groups excluding carboxylic acids is 3. The molecule has 1 aliphatic carbocycles. The standard InChI is InChI=1S/C21H21N3O3/c25-19-5-2-12-24(19)18-4-1-3-15(13-18)21(27)23-16-8-6-14(7-9-16)20(26)22-17-10-11-17/h1,3-4,6-9,13,17H,2,5,10-12H2,(H,22,26)(H,23,27). The maximum absolute atomic E-state index is 12.5. The fourth-order valence-corrected chi connectivity index (χ4v) is 3.14. The van der Waals surface area contributed by atoms with Gasteiger partial charge < -0.3 is 15.5 Å². The summed E-state index contributed by atoms with van der Waals surface area (Å²) in [7, 11) is 0. The minimum Gasteiger partial charge on any atom is -0.349 e. The molecule has 1 saturated carbocycles. The van der Waals surface area contributed by atoms with Gasteiger partial charge in [0.1, 0.15) is 0 Å². The molecule has 6 nitrogen and oxygen atoms in total.